The maximum Gasteiger partial charge on any atom is 0.317 e. The number of benzene rings is 1. The number of carbonyl (C=O) groups excluding carboxylic acids is 1. The maximum atomic E-state index is 12.2. The van der Waals surface area contributed by atoms with Gasteiger partial charge in [-0.1, -0.05) is 24.3 Å². The van der Waals surface area contributed by atoms with Gasteiger partial charge in [0.25, 0.3) is 0 Å². The molecule has 2 heterocycles. The molecule has 1 aromatic carbocycles. The van der Waals surface area contributed by atoms with Gasteiger partial charge in [0.2, 0.25) is 0 Å². The van der Waals surface area contributed by atoms with Crippen molar-refractivity contribution in [3.8, 4) is 5.75 Å². The van der Waals surface area contributed by atoms with E-state index >= 15 is 0 Å². The summed E-state index contributed by atoms with van der Waals surface area (Å²) in [5.41, 5.74) is 2.34. The minimum Gasteiger partial charge on any atom is -0.490 e. The molecular weight excluding hydrogens is 320 g/mol. The molecule has 4 nitrogen and oxygen atoms in total. The second kappa shape index (κ2) is 7.71. The third-order valence-corrected chi connectivity index (χ3v) is 5.29. The molecule has 1 aromatic heterocycles. The SMILES string of the molecule is Cc1cccc(C)c1OC1CCN(C(=O)NCc2cccs2)CC1. The Hall–Kier alpha value is -2.01. The first-order valence-electron chi connectivity index (χ1n) is 8.41. The quantitative estimate of drug-likeness (QED) is 0.906. The molecule has 3 rings (SSSR count). The van der Waals surface area contributed by atoms with E-state index in [1.807, 2.05) is 22.4 Å². The van der Waals surface area contributed by atoms with Gasteiger partial charge in [-0.2, -0.15) is 0 Å². The number of rotatable bonds is 4. The number of hydrogen-bond acceptors (Lipinski definition) is 3. The molecule has 0 radical (unpaired) electrons. The molecule has 24 heavy (non-hydrogen) atoms. The molecule has 0 unspecified atom stereocenters. The number of nitrogens with one attached hydrogen (secondary N) is 1. The van der Waals surface area contributed by atoms with Crippen molar-refractivity contribution in [3.05, 3.63) is 51.7 Å². The smallest absolute Gasteiger partial charge is 0.317 e. The van der Waals surface area contributed by atoms with Gasteiger partial charge < -0.3 is 15.0 Å². The first-order chi connectivity index (χ1) is 11.6. The summed E-state index contributed by atoms with van der Waals surface area (Å²) in [4.78, 5) is 15.3. The van der Waals surface area contributed by atoms with Crippen LogP contribution in [-0.2, 0) is 6.54 Å². The number of likely N-dealkylation sites (tertiary alicyclic amines) is 1. The maximum absolute atomic E-state index is 12.2. The third-order valence-electron chi connectivity index (χ3n) is 4.42. The van der Waals surface area contributed by atoms with Crippen molar-refractivity contribution in [1.29, 1.82) is 0 Å². The van der Waals surface area contributed by atoms with Crippen LogP contribution in [0.15, 0.2) is 35.7 Å². The third kappa shape index (κ3) is 4.09. The first-order valence-corrected chi connectivity index (χ1v) is 9.29. The number of para-hydroxylation sites is 1. The highest BCUT2D eigenvalue weighted by Crippen LogP contribution is 2.26. The van der Waals surface area contributed by atoms with E-state index in [1.165, 1.54) is 16.0 Å². The molecule has 1 N–H and O–H groups in total. The Labute approximate surface area is 147 Å². The summed E-state index contributed by atoms with van der Waals surface area (Å²) >= 11 is 1.66. The highest BCUT2D eigenvalue weighted by Gasteiger charge is 2.24. The average molecular weight is 344 g/mol. The molecule has 1 fully saturated rings. The zero-order valence-electron chi connectivity index (χ0n) is 14.2. The molecule has 1 saturated heterocycles. The van der Waals surface area contributed by atoms with Crippen LogP contribution in [0.25, 0.3) is 0 Å². The number of nitrogens with zero attached hydrogens (tertiary/aromatic N) is 1. The highest BCUT2D eigenvalue weighted by molar-refractivity contribution is 7.09. The largest absolute Gasteiger partial charge is 0.490 e. The van der Waals surface area contributed by atoms with E-state index in [0.29, 0.717) is 6.54 Å². The fourth-order valence-electron chi connectivity index (χ4n) is 3.02. The van der Waals surface area contributed by atoms with Gasteiger partial charge >= 0.3 is 6.03 Å². The van der Waals surface area contributed by atoms with Gasteiger partial charge in [0.15, 0.2) is 0 Å². The monoisotopic (exact) mass is 344 g/mol. The number of thiophene rings is 1. The van der Waals surface area contributed by atoms with E-state index < -0.39 is 0 Å². The number of hydrogen-bond donors (Lipinski definition) is 1. The van der Waals surface area contributed by atoms with Crippen molar-refractivity contribution in [3.63, 3.8) is 0 Å². The molecule has 1 aliphatic heterocycles. The van der Waals surface area contributed by atoms with E-state index in [-0.39, 0.29) is 12.1 Å². The van der Waals surface area contributed by atoms with Gasteiger partial charge in [0, 0.05) is 30.8 Å². The predicted octanol–water partition coefficient (Wildman–Crippen LogP) is 4.12. The number of aryl methyl sites for hydroxylation is 2. The van der Waals surface area contributed by atoms with E-state index in [2.05, 4.69) is 37.4 Å². The van der Waals surface area contributed by atoms with E-state index in [4.69, 9.17) is 4.74 Å². The van der Waals surface area contributed by atoms with Crippen LogP contribution < -0.4 is 10.1 Å². The van der Waals surface area contributed by atoms with Crippen molar-refractivity contribution in [2.75, 3.05) is 13.1 Å². The number of amides is 2. The Morgan fingerprint density at radius 1 is 1.21 bits per heavy atom. The summed E-state index contributed by atoms with van der Waals surface area (Å²) in [6, 6.07) is 10.3. The first kappa shape index (κ1) is 16.8. The van der Waals surface area contributed by atoms with Crippen molar-refractivity contribution in [2.45, 2.75) is 39.3 Å². The Balaban J connectivity index is 1.48. The molecule has 0 bridgehead atoms. The second-order valence-corrected chi connectivity index (χ2v) is 7.30. The van der Waals surface area contributed by atoms with Crippen molar-refractivity contribution < 1.29 is 9.53 Å². The fraction of sp³-hybridized carbons (Fsp3) is 0.421. The minimum atomic E-state index is 0.0222. The van der Waals surface area contributed by atoms with Crippen molar-refractivity contribution in [1.82, 2.24) is 10.2 Å². The zero-order chi connectivity index (χ0) is 16.9. The standard InChI is InChI=1S/C19H24N2O2S/c1-14-5-3-6-15(2)18(14)23-16-8-10-21(11-9-16)19(22)20-13-17-7-4-12-24-17/h3-7,12,16H,8-11,13H2,1-2H3,(H,20,22). The highest BCUT2D eigenvalue weighted by atomic mass is 32.1. The van der Waals surface area contributed by atoms with Crippen LogP contribution in [0.1, 0.15) is 28.8 Å². The number of ether oxygens (including phenoxy) is 1. The van der Waals surface area contributed by atoms with Crippen LogP contribution in [0.5, 0.6) is 5.75 Å². The molecule has 0 aliphatic carbocycles. The number of piperidine rings is 1. The summed E-state index contributed by atoms with van der Waals surface area (Å²) in [6.07, 6.45) is 1.94. The van der Waals surface area contributed by atoms with Crippen LogP contribution >= 0.6 is 11.3 Å². The van der Waals surface area contributed by atoms with Crippen LogP contribution in [0.2, 0.25) is 0 Å². The summed E-state index contributed by atoms with van der Waals surface area (Å²) in [6.45, 7) is 6.25. The summed E-state index contributed by atoms with van der Waals surface area (Å²) in [7, 11) is 0. The number of urea groups is 1. The van der Waals surface area contributed by atoms with E-state index in [1.54, 1.807) is 11.3 Å². The summed E-state index contributed by atoms with van der Waals surface area (Å²) in [5, 5.41) is 5.02. The second-order valence-electron chi connectivity index (χ2n) is 6.26. The lowest BCUT2D eigenvalue weighted by Gasteiger charge is -2.32. The van der Waals surface area contributed by atoms with Gasteiger partial charge in [-0.25, -0.2) is 4.79 Å². The Bertz CT molecular complexity index is 656. The van der Waals surface area contributed by atoms with Crippen molar-refractivity contribution in [2.24, 2.45) is 0 Å². The lowest BCUT2D eigenvalue weighted by molar-refractivity contribution is 0.110. The minimum absolute atomic E-state index is 0.0222. The molecule has 1 aliphatic rings. The van der Waals surface area contributed by atoms with Crippen LogP contribution in [0.3, 0.4) is 0 Å². The molecule has 2 aromatic rings. The van der Waals surface area contributed by atoms with Gasteiger partial charge in [0.1, 0.15) is 11.9 Å². The molecule has 128 valence electrons. The van der Waals surface area contributed by atoms with E-state index in [9.17, 15) is 4.79 Å². The average Bonchev–Trinajstić information content (AvgIpc) is 3.10. The van der Waals surface area contributed by atoms with Crippen LogP contribution in [0.4, 0.5) is 4.79 Å². The Kier molecular flexibility index (Phi) is 5.41. The summed E-state index contributed by atoms with van der Waals surface area (Å²) < 4.78 is 6.21. The molecule has 2 amide bonds. The Morgan fingerprint density at radius 2 is 1.92 bits per heavy atom. The normalized spacial score (nSPS) is 15.3. The zero-order valence-corrected chi connectivity index (χ0v) is 15.1. The van der Waals surface area contributed by atoms with Crippen LogP contribution in [0, 0.1) is 13.8 Å². The van der Waals surface area contributed by atoms with Gasteiger partial charge in [-0.3, -0.25) is 0 Å². The Morgan fingerprint density at radius 3 is 2.54 bits per heavy atom. The lowest BCUT2D eigenvalue weighted by Crippen LogP contribution is -2.46. The summed E-state index contributed by atoms with van der Waals surface area (Å²) in [5.74, 6) is 0.998. The molecule has 0 saturated carbocycles. The molecule has 5 heteroatoms. The molecule has 0 atom stereocenters. The van der Waals surface area contributed by atoms with E-state index in [0.717, 1.165) is 31.7 Å². The van der Waals surface area contributed by atoms with Gasteiger partial charge in [-0.15, -0.1) is 11.3 Å². The molecular formula is C19H24N2O2S. The fourth-order valence-corrected chi connectivity index (χ4v) is 3.66. The van der Waals surface area contributed by atoms with Gasteiger partial charge in [-0.05, 0) is 36.4 Å². The van der Waals surface area contributed by atoms with Crippen molar-refractivity contribution >= 4 is 17.4 Å². The van der Waals surface area contributed by atoms with Crippen LogP contribution in [-0.4, -0.2) is 30.1 Å². The predicted molar refractivity (Wildman–Crippen MR) is 97.7 cm³/mol. The number of carbonyl (C=O) groups is 1. The lowest BCUT2D eigenvalue weighted by atomic mass is 10.1. The molecule has 0 spiro atoms. The van der Waals surface area contributed by atoms with Gasteiger partial charge in [0.05, 0.1) is 6.54 Å². The topological polar surface area (TPSA) is 41.6 Å².